The Morgan fingerprint density at radius 1 is 1.28 bits per heavy atom. The van der Waals surface area contributed by atoms with Crippen LogP contribution in [0, 0.1) is 11.3 Å². The molecule has 0 unspecified atom stereocenters. The van der Waals surface area contributed by atoms with E-state index in [4.69, 9.17) is 20.5 Å². The van der Waals surface area contributed by atoms with Gasteiger partial charge < -0.3 is 15.2 Å². The summed E-state index contributed by atoms with van der Waals surface area (Å²) in [6, 6.07) is 10.2. The zero-order chi connectivity index (χ0) is 13.0. The number of rotatable bonds is 3. The third kappa shape index (κ3) is 2.50. The van der Waals surface area contributed by atoms with Crippen molar-refractivity contribution in [3.8, 4) is 23.4 Å². The van der Waals surface area contributed by atoms with Crippen LogP contribution in [0.3, 0.4) is 0 Å². The summed E-state index contributed by atoms with van der Waals surface area (Å²) >= 11 is 0. The van der Waals surface area contributed by atoms with E-state index >= 15 is 0 Å². The van der Waals surface area contributed by atoms with E-state index in [2.05, 4.69) is 4.98 Å². The number of nitrogens with two attached hydrogens (primary N) is 1. The van der Waals surface area contributed by atoms with E-state index in [0.717, 1.165) is 0 Å². The van der Waals surface area contributed by atoms with Gasteiger partial charge in [0, 0.05) is 18.3 Å². The number of nitriles is 1. The van der Waals surface area contributed by atoms with E-state index in [0.29, 0.717) is 28.6 Å². The van der Waals surface area contributed by atoms with Crippen molar-refractivity contribution in [2.75, 3.05) is 12.8 Å². The van der Waals surface area contributed by atoms with Crippen molar-refractivity contribution in [1.29, 1.82) is 5.26 Å². The number of aromatic nitrogens is 1. The second-order valence-electron chi connectivity index (χ2n) is 3.50. The molecule has 1 heterocycles. The fourth-order valence-electron chi connectivity index (χ4n) is 1.39. The molecule has 1 aromatic carbocycles. The minimum Gasteiger partial charge on any atom is -0.497 e. The summed E-state index contributed by atoms with van der Waals surface area (Å²) in [4.78, 5) is 4.01. The molecular weight excluding hydrogens is 230 g/mol. The number of hydrogen-bond acceptors (Lipinski definition) is 5. The highest BCUT2D eigenvalue weighted by molar-refractivity contribution is 5.57. The SMILES string of the molecule is COc1ccc(Oc2cc(C#N)ccn2)c(N)c1. The Morgan fingerprint density at radius 3 is 2.78 bits per heavy atom. The maximum absolute atomic E-state index is 8.78. The number of nitrogen functional groups attached to an aromatic ring is 1. The van der Waals surface area contributed by atoms with E-state index in [9.17, 15) is 0 Å². The minimum absolute atomic E-state index is 0.325. The van der Waals surface area contributed by atoms with Crippen LogP contribution in [-0.4, -0.2) is 12.1 Å². The Kier molecular flexibility index (Phi) is 3.30. The summed E-state index contributed by atoms with van der Waals surface area (Å²) in [5.74, 6) is 1.45. The second-order valence-corrected chi connectivity index (χ2v) is 3.50. The lowest BCUT2D eigenvalue weighted by molar-refractivity contribution is 0.412. The molecule has 18 heavy (non-hydrogen) atoms. The zero-order valence-corrected chi connectivity index (χ0v) is 9.75. The van der Waals surface area contributed by atoms with Crippen LogP contribution in [0.2, 0.25) is 0 Å². The number of hydrogen-bond donors (Lipinski definition) is 1. The number of ether oxygens (including phenoxy) is 2. The van der Waals surface area contributed by atoms with Gasteiger partial charge in [0.15, 0.2) is 5.75 Å². The first-order valence-electron chi connectivity index (χ1n) is 5.20. The fraction of sp³-hybridized carbons (Fsp3) is 0.0769. The van der Waals surface area contributed by atoms with Gasteiger partial charge >= 0.3 is 0 Å². The van der Waals surface area contributed by atoms with Gasteiger partial charge in [-0.3, -0.25) is 0 Å². The fourth-order valence-corrected chi connectivity index (χ4v) is 1.39. The van der Waals surface area contributed by atoms with Gasteiger partial charge in [0.25, 0.3) is 0 Å². The molecule has 0 bridgehead atoms. The van der Waals surface area contributed by atoms with Crippen LogP contribution in [-0.2, 0) is 0 Å². The normalized spacial score (nSPS) is 9.56. The number of anilines is 1. The smallest absolute Gasteiger partial charge is 0.220 e. The second kappa shape index (κ2) is 5.06. The van der Waals surface area contributed by atoms with Gasteiger partial charge in [-0.05, 0) is 18.2 Å². The van der Waals surface area contributed by atoms with E-state index in [1.165, 1.54) is 6.20 Å². The third-order valence-corrected chi connectivity index (χ3v) is 2.30. The summed E-state index contributed by atoms with van der Waals surface area (Å²) in [5, 5.41) is 8.78. The van der Waals surface area contributed by atoms with Crippen molar-refractivity contribution in [3.63, 3.8) is 0 Å². The van der Waals surface area contributed by atoms with E-state index < -0.39 is 0 Å². The maximum atomic E-state index is 8.78. The van der Waals surface area contributed by atoms with Gasteiger partial charge in [0.1, 0.15) is 5.75 Å². The molecule has 0 saturated carbocycles. The van der Waals surface area contributed by atoms with Gasteiger partial charge in [-0.2, -0.15) is 5.26 Å². The summed E-state index contributed by atoms with van der Waals surface area (Å²) in [6.45, 7) is 0. The molecule has 90 valence electrons. The standard InChI is InChI=1S/C13H11N3O2/c1-17-10-2-3-12(11(15)7-10)18-13-6-9(8-14)4-5-16-13/h2-7H,15H2,1H3. The van der Waals surface area contributed by atoms with Crippen LogP contribution in [0.15, 0.2) is 36.5 Å². The summed E-state index contributed by atoms with van der Waals surface area (Å²) < 4.78 is 10.6. The Bertz CT molecular complexity index is 605. The number of benzene rings is 1. The molecule has 0 amide bonds. The highest BCUT2D eigenvalue weighted by Crippen LogP contribution is 2.29. The molecule has 1 aromatic heterocycles. The summed E-state index contributed by atoms with van der Waals surface area (Å²) in [6.07, 6.45) is 1.51. The van der Waals surface area contributed by atoms with Crippen LogP contribution >= 0.6 is 0 Å². The molecule has 5 heteroatoms. The summed E-state index contributed by atoms with van der Waals surface area (Å²) in [5.41, 5.74) is 6.74. The number of methoxy groups -OCH3 is 1. The first-order valence-corrected chi connectivity index (χ1v) is 5.20. The van der Waals surface area contributed by atoms with E-state index in [1.54, 1.807) is 37.4 Å². The molecule has 2 rings (SSSR count). The highest BCUT2D eigenvalue weighted by atomic mass is 16.5. The Balaban J connectivity index is 2.26. The zero-order valence-electron chi connectivity index (χ0n) is 9.75. The molecule has 2 N–H and O–H groups in total. The van der Waals surface area contributed by atoms with Gasteiger partial charge in [-0.1, -0.05) is 0 Å². The lowest BCUT2D eigenvalue weighted by atomic mass is 10.2. The number of pyridine rings is 1. The van der Waals surface area contributed by atoms with Crippen LogP contribution in [0.4, 0.5) is 5.69 Å². The molecule has 0 aliphatic rings. The van der Waals surface area contributed by atoms with Gasteiger partial charge in [0.05, 0.1) is 24.4 Å². The maximum Gasteiger partial charge on any atom is 0.220 e. The van der Waals surface area contributed by atoms with Gasteiger partial charge in [0.2, 0.25) is 5.88 Å². The predicted molar refractivity (Wildman–Crippen MR) is 66.4 cm³/mol. The van der Waals surface area contributed by atoms with E-state index in [1.807, 2.05) is 6.07 Å². The minimum atomic E-state index is 0.325. The van der Waals surface area contributed by atoms with Crippen LogP contribution in [0.25, 0.3) is 0 Å². The van der Waals surface area contributed by atoms with E-state index in [-0.39, 0.29) is 0 Å². The van der Waals surface area contributed by atoms with Crippen molar-refractivity contribution < 1.29 is 9.47 Å². The Hall–Kier alpha value is -2.74. The van der Waals surface area contributed by atoms with Gasteiger partial charge in [-0.15, -0.1) is 0 Å². The van der Waals surface area contributed by atoms with Crippen LogP contribution < -0.4 is 15.2 Å². The molecule has 0 aliphatic carbocycles. The molecule has 0 atom stereocenters. The monoisotopic (exact) mass is 241 g/mol. The third-order valence-electron chi connectivity index (χ3n) is 2.30. The molecular formula is C13H11N3O2. The molecule has 0 spiro atoms. The van der Waals surface area contributed by atoms with Crippen molar-refractivity contribution >= 4 is 5.69 Å². The topological polar surface area (TPSA) is 81.2 Å². The average molecular weight is 241 g/mol. The molecule has 5 nitrogen and oxygen atoms in total. The predicted octanol–water partition coefficient (Wildman–Crippen LogP) is 2.34. The van der Waals surface area contributed by atoms with Crippen molar-refractivity contribution in [3.05, 3.63) is 42.1 Å². The molecule has 2 aromatic rings. The van der Waals surface area contributed by atoms with Crippen molar-refractivity contribution in [2.24, 2.45) is 0 Å². The first kappa shape index (κ1) is 11.7. The highest BCUT2D eigenvalue weighted by Gasteiger charge is 2.05. The Labute approximate surface area is 104 Å². The summed E-state index contributed by atoms with van der Waals surface area (Å²) in [7, 11) is 1.56. The first-order chi connectivity index (χ1) is 8.72. The van der Waals surface area contributed by atoms with Crippen LogP contribution in [0.1, 0.15) is 5.56 Å². The van der Waals surface area contributed by atoms with Gasteiger partial charge in [-0.25, -0.2) is 4.98 Å². The lowest BCUT2D eigenvalue weighted by Gasteiger charge is -2.08. The quantitative estimate of drug-likeness (QED) is 0.834. The molecule has 0 saturated heterocycles. The van der Waals surface area contributed by atoms with Crippen molar-refractivity contribution in [2.45, 2.75) is 0 Å². The molecule has 0 aliphatic heterocycles. The largest absolute Gasteiger partial charge is 0.497 e. The lowest BCUT2D eigenvalue weighted by Crippen LogP contribution is -1.95. The van der Waals surface area contributed by atoms with Crippen molar-refractivity contribution in [1.82, 2.24) is 4.98 Å². The number of nitrogens with zero attached hydrogens (tertiary/aromatic N) is 2. The molecule has 0 fully saturated rings. The Morgan fingerprint density at radius 2 is 2.11 bits per heavy atom. The average Bonchev–Trinajstić information content (AvgIpc) is 2.41. The molecule has 0 radical (unpaired) electrons. The van der Waals surface area contributed by atoms with Crippen LogP contribution in [0.5, 0.6) is 17.4 Å².